The molecule has 3 aromatic carbocycles. The van der Waals surface area contributed by atoms with E-state index in [0.717, 1.165) is 69.9 Å². The van der Waals surface area contributed by atoms with E-state index in [2.05, 4.69) is 4.74 Å². The third-order valence-corrected chi connectivity index (χ3v) is 6.99. The van der Waals surface area contributed by atoms with Crippen LogP contribution in [0.2, 0.25) is 0 Å². The fraction of sp³-hybridized carbons (Fsp3) is 0.361. The van der Waals surface area contributed by atoms with E-state index in [1.54, 1.807) is 48.5 Å². The van der Waals surface area contributed by atoms with Crippen LogP contribution in [0.3, 0.4) is 0 Å². The molecule has 0 aliphatic carbocycles. The van der Waals surface area contributed by atoms with Crippen molar-refractivity contribution in [1.29, 1.82) is 0 Å². The van der Waals surface area contributed by atoms with Gasteiger partial charge in [-0.25, -0.2) is 18.8 Å². The molecule has 12 heteroatoms. The van der Waals surface area contributed by atoms with Gasteiger partial charge in [-0.15, -0.1) is 0 Å². The fourth-order valence-electron chi connectivity index (χ4n) is 4.54. The van der Waals surface area contributed by atoms with Crippen molar-refractivity contribution in [3.05, 3.63) is 89.5 Å². The summed E-state index contributed by atoms with van der Waals surface area (Å²) >= 11 is 0. The lowest BCUT2D eigenvalue weighted by Gasteiger charge is -2.14. The second-order valence-corrected chi connectivity index (χ2v) is 11.1. The Balaban J connectivity index is 1.19. The lowest BCUT2D eigenvalue weighted by molar-refractivity contribution is -0.186. The van der Waals surface area contributed by atoms with Crippen molar-refractivity contribution in [2.24, 2.45) is 0 Å². The van der Waals surface area contributed by atoms with E-state index in [9.17, 15) is 27.6 Å². The number of ether oxygens (including phenoxy) is 4. The fourth-order valence-corrected chi connectivity index (χ4v) is 4.54. The number of esters is 3. The monoisotopic (exact) mass is 670 g/mol. The average molecular weight is 671 g/mol. The first-order chi connectivity index (χ1) is 23.0. The van der Waals surface area contributed by atoms with E-state index in [4.69, 9.17) is 25.7 Å². The van der Waals surface area contributed by atoms with Crippen LogP contribution in [-0.2, 0) is 14.3 Å². The molecule has 0 aliphatic rings. The minimum atomic E-state index is -3.95. The highest BCUT2D eigenvalue weighted by Crippen LogP contribution is 2.23. The first kappa shape index (κ1) is 37.5. The van der Waals surface area contributed by atoms with Crippen LogP contribution in [0, 0.1) is 0 Å². The number of halogens is 3. The van der Waals surface area contributed by atoms with Crippen molar-refractivity contribution in [3.63, 3.8) is 0 Å². The SMILES string of the molecule is Nc1cc(N)cc(C(=O)OCCCCCCCCCCCOC(=O)/C=C/c2ccc(OC(=O)c3ccc(OC(F)(F)CF)cc3)cc2)c1. The summed E-state index contributed by atoms with van der Waals surface area (Å²) < 4.78 is 58.3. The van der Waals surface area contributed by atoms with E-state index in [0.29, 0.717) is 35.7 Å². The van der Waals surface area contributed by atoms with Crippen molar-refractivity contribution < 1.29 is 46.5 Å². The Labute approximate surface area is 278 Å². The van der Waals surface area contributed by atoms with Crippen LogP contribution in [0.25, 0.3) is 6.08 Å². The lowest BCUT2D eigenvalue weighted by Crippen LogP contribution is -2.26. The van der Waals surface area contributed by atoms with E-state index in [1.807, 2.05) is 0 Å². The number of unbranched alkanes of at least 4 members (excludes halogenated alkanes) is 8. The zero-order valence-electron chi connectivity index (χ0n) is 26.6. The van der Waals surface area contributed by atoms with Crippen LogP contribution in [0.4, 0.5) is 24.5 Å². The van der Waals surface area contributed by atoms with E-state index < -0.39 is 30.7 Å². The Morgan fingerprint density at radius 2 is 1.17 bits per heavy atom. The summed E-state index contributed by atoms with van der Waals surface area (Å²) in [5.74, 6) is -1.65. The van der Waals surface area contributed by atoms with Gasteiger partial charge in [-0.05, 0) is 79.1 Å². The third kappa shape index (κ3) is 14.2. The number of benzene rings is 3. The molecule has 0 bridgehead atoms. The van der Waals surface area contributed by atoms with Crippen LogP contribution in [-0.4, -0.2) is 43.9 Å². The minimum absolute atomic E-state index is 0.0878. The van der Waals surface area contributed by atoms with Gasteiger partial charge in [0.1, 0.15) is 11.5 Å². The molecule has 0 aromatic heterocycles. The van der Waals surface area contributed by atoms with Crippen LogP contribution in [0.1, 0.15) is 84.1 Å². The van der Waals surface area contributed by atoms with Gasteiger partial charge in [0.25, 0.3) is 0 Å². The molecule has 0 saturated heterocycles. The van der Waals surface area contributed by atoms with Gasteiger partial charge in [0.05, 0.1) is 24.3 Å². The number of carbonyl (C=O) groups is 3. The molecule has 48 heavy (non-hydrogen) atoms. The highest BCUT2D eigenvalue weighted by Gasteiger charge is 2.31. The Hall–Kier alpha value is -5.00. The van der Waals surface area contributed by atoms with Crippen LogP contribution in [0.5, 0.6) is 11.5 Å². The van der Waals surface area contributed by atoms with Crippen LogP contribution in [0.15, 0.2) is 72.8 Å². The molecule has 0 aliphatic heterocycles. The first-order valence-corrected chi connectivity index (χ1v) is 15.8. The largest absolute Gasteiger partial charge is 0.463 e. The zero-order chi connectivity index (χ0) is 34.8. The molecule has 0 fully saturated rings. The zero-order valence-corrected chi connectivity index (χ0v) is 26.6. The van der Waals surface area contributed by atoms with Crippen molar-refractivity contribution in [3.8, 4) is 11.5 Å². The highest BCUT2D eigenvalue weighted by atomic mass is 19.3. The molecule has 0 saturated carbocycles. The Kier molecular flexibility index (Phi) is 15.3. The summed E-state index contributed by atoms with van der Waals surface area (Å²) in [6.07, 6.45) is 7.97. The third-order valence-electron chi connectivity index (χ3n) is 6.99. The van der Waals surface area contributed by atoms with Crippen molar-refractivity contribution >= 4 is 35.4 Å². The quantitative estimate of drug-likeness (QED) is 0.0403. The molecular formula is C36H41F3N2O7. The molecule has 0 radical (unpaired) electrons. The topological polar surface area (TPSA) is 140 Å². The van der Waals surface area contributed by atoms with Crippen molar-refractivity contribution in [2.75, 3.05) is 31.4 Å². The molecule has 258 valence electrons. The molecule has 4 N–H and O–H groups in total. The summed E-state index contributed by atoms with van der Waals surface area (Å²) in [4.78, 5) is 36.4. The minimum Gasteiger partial charge on any atom is -0.463 e. The van der Waals surface area contributed by atoms with Gasteiger partial charge in [0, 0.05) is 17.5 Å². The molecule has 0 atom stereocenters. The maximum atomic E-state index is 13.0. The molecule has 9 nitrogen and oxygen atoms in total. The Bertz CT molecular complexity index is 1480. The van der Waals surface area contributed by atoms with Crippen molar-refractivity contribution in [1.82, 2.24) is 0 Å². The molecular weight excluding hydrogens is 629 g/mol. The maximum Gasteiger partial charge on any atom is 0.427 e. The average Bonchev–Trinajstić information content (AvgIpc) is 3.06. The van der Waals surface area contributed by atoms with Gasteiger partial charge in [-0.2, -0.15) is 8.78 Å². The number of rotatable bonds is 20. The standard InChI is InChI=1S/C36H41F3N2O7/c37-25-36(38,39)48-32-17-13-27(14-18-32)35(44)47-31-15-10-26(11-16-31)12-19-33(42)45-20-8-6-4-2-1-3-5-7-9-21-46-34(43)28-22-29(40)24-30(41)23-28/h10-19,22-24H,1-9,20-21,25,40-41H2/b19-12+. The summed E-state index contributed by atoms with van der Waals surface area (Å²) in [5, 5.41) is 0. The number of hydrogen-bond acceptors (Lipinski definition) is 9. The van der Waals surface area contributed by atoms with E-state index in [-0.39, 0.29) is 17.1 Å². The number of alkyl halides is 3. The molecule has 3 rings (SSSR count). The predicted octanol–water partition coefficient (Wildman–Crippen LogP) is 7.94. The number of hydrogen-bond donors (Lipinski definition) is 2. The second-order valence-electron chi connectivity index (χ2n) is 11.1. The molecule has 0 spiro atoms. The van der Waals surface area contributed by atoms with Gasteiger partial charge < -0.3 is 30.4 Å². The maximum absolute atomic E-state index is 13.0. The molecule has 0 heterocycles. The Morgan fingerprint density at radius 3 is 1.73 bits per heavy atom. The molecule has 0 amide bonds. The van der Waals surface area contributed by atoms with Gasteiger partial charge >= 0.3 is 24.0 Å². The lowest BCUT2D eigenvalue weighted by atomic mass is 10.1. The van der Waals surface area contributed by atoms with Crippen LogP contribution >= 0.6 is 0 Å². The number of nitrogen functional groups attached to an aromatic ring is 2. The van der Waals surface area contributed by atoms with E-state index in [1.165, 1.54) is 18.2 Å². The highest BCUT2D eigenvalue weighted by molar-refractivity contribution is 5.92. The van der Waals surface area contributed by atoms with Gasteiger partial charge in [0.2, 0.25) is 0 Å². The van der Waals surface area contributed by atoms with E-state index >= 15 is 0 Å². The number of anilines is 2. The normalized spacial score (nSPS) is 11.3. The molecule has 0 unspecified atom stereocenters. The number of nitrogens with two attached hydrogens (primary N) is 2. The van der Waals surface area contributed by atoms with Gasteiger partial charge in [-0.3, -0.25) is 0 Å². The Morgan fingerprint density at radius 1 is 0.646 bits per heavy atom. The van der Waals surface area contributed by atoms with Crippen LogP contribution < -0.4 is 20.9 Å². The summed E-state index contributed by atoms with van der Waals surface area (Å²) in [6.45, 7) is -1.27. The summed E-state index contributed by atoms with van der Waals surface area (Å²) in [5.41, 5.74) is 13.4. The first-order valence-electron chi connectivity index (χ1n) is 15.8. The van der Waals surface area contributed by atoms with Gasteiger partial charge in [0.15, 0.2) is 6.67 Å². The summed E-state index contributed by atoms with van der Waals surface area (Å²) in [7, 11) is 0. The number of carbonyl (C=O) groups excluding carboxylic acids is 3. The second kappa shape index (κ2) is 19.6. The molecule has 3 aromatic rings. The smallest absolute Gasteiger partial charge is 0.427 e. The predicted molar refractivity (Wildman–Crippen MR) is 176 cm³/mol. The van der Waals surface area contributed by atoms with Crippen molar-refractivity contribution in [2.45, 2.75) is 63.9 Å². The van der Waals surface area contributed by atoms with Gasteiger partial charge in [-0.1, -0.05) is 57.1 Å². The summed E-state index contributed by atoms with van der Waals surface area (Å²) in [6, 6.07) is 15.8.